The summed E-state index contributed by atoms with van der Waals surface area (Å²) in [5.74, 6) is 0. The van der Waals surface area contributed by atoms with E-state index in [1.165, 1.54) is 50.0 Å². The molecule has 0 unspecified atom stereocenters. The number of nitrogens with zero attached hydrogens (tertiary/aromatic N) is 2. The maximum absolute atomic E-state index is 2.60. The summed E-state index contributed by atoms with van der Waals surface area (Å²) in [4.78, 5) is 2.60. The maximum atomic E-state index is 2.60. The normalized spacial score (nSPS) is 22.4. The van der Waals surface area contributed by atoms with E-state index < -0.39 is 0 Å². The lowest BCUT2D eigenvalue weighted by molar-refractivity contribution is -0.894. The molecule has 0 radical (unpaired) electrons. The van der Waals surface area contributed by atoms with Gasteiger partial charge >= 0.3 is 0 Å². The number of quaternary nitrogens is 1. The molecular weight excluding hydrogens is 184 g/mol. The van der Waals surface area contributed by atoms with Gasteiger partial charge in [0.2, 0.25) is 0 Å². The van der Waals surface area contributed by atoms with E-state index in [9.17, 15) is 0 Å². The van der Waals surface area contributed by atoms with Crippen LogP contribution in [-0.2, 0) is 0 Å². The number of halogens is 1. The molecule has 0 bridgehead atoms. The summed E-state index contributed by atoms with van der Waals surface area (Å²) in [7, 11) is 4.66. The minimum atomic E-state index is 0. The van der Waals surface area contributed by atoms with Crippen molar-refractivity contribution in [2.75, 3.05) is 46.8 Å². The molecule has 0 aliphatic carbocycles. The first kappa shape index (κ1) is 13.2. The Morgan fingerprint density at radius 1 is 1.15 bits per heavy atom. The molecule has 13 heavy (non-hydrogen) atoms. The number of likely N-dealkylation sites (N-methyl/N-ethyl adjacent to an activating group) is 1. The Labute approximate surface area is 88.9 Å². The molecule has 3 heteroatoms. The van der Waals surface area contributed by atoms with Crippen molar-refractivity contribution in [1.82, 2.24) is 4.90 Å². The molecule has 0 N–H and O–H groups in total. The van der Waals surface area contributed by atoms with Gasteiger partial charge in [-0.3, -0.25) is 4.90 Å². The second-order valence-corrected chi connectivity index (χ2v) is 4.58. The highest BCUT2D eigenvalue weighted by Crippen LogP contribution is 2.06. The van der Waals surface area contributed by atoms with Crippen LogP contribution in [0.5, 0.6) is 0 Å². The Bertz CT molecular complexity index is 127. The molecule has 1 saturated heterocycles. The van der Waals surface area contributed by atoms with Crippen LogP contribution in [0, 0.1) is 0 Å². The predicted molar refractivity (Wildman–Crippen MR) is 53.2 cm³/mol. The van der Waals surface area contributed by atoms with Gasteiger partial charge in [-0.15, -0.1) is 0 Å². The van der Waals surface area contributed by atoms with Gasteiger partial charge in [-0.05, 0) is 13.0 Å². The SMILES string of the molecule is CCCCN1CC[N+](C)(C)CC1.[Cl-]. The zero-order valence-corrected chi connectivity index (χ0v) is 9.98. The highest BCUT2D eigenvalue weighted by atomic mass is 35.5. The molecule has 0 saturated carbocycles. The second kappa shape index (κ2) is 5.84. The third-order valence-electron chi connectivity index (χ3n) is 2.87. The molecule has 0 atom stereocenters. The lowest BCUT2D eigenvalue weighted by Gasteiger charge is -2.39. The fourth-order valence-electron chi connectivity index (χ4n) is 1.65. The number of hydrogen-bond acceptors (Lipinski definition) is 1. The van der Waals surface area contributed by atoms with Gasteiger partial charge in [0.1, 0.15) is 0 Å². The van der Waals surface area contributed by atoms with Crippen LogP contribution >= 0.6 is 0 Å². The molecule has 80 valence electrons. The molecule has 0 aromatic carbocycles. The van der Waals surface area contributed by atoms with E-state index in [0.29, 0.717) is 0 Å². The average molecular weight is 207 g/mol. The van der Waals surface area contributed by atoms with E-state index in [0.717, 1.165) is 0 Å². The van der Waals surface area contributed by atoms with Crippen molar-refractivity contribution < 1.29 is 16.9 Å². The van der Waals surface area contributed by atoms with Crippen LogP contribution in [0.25, 0.3) is 0 Å². The molecule has 1 aliphatic rings. The molecule has 0 aromatic heterocycles. The molecule has 1 rings (SSSR count). The van der Waals surface area contributed by atoms with Crippen LogP contribution in [-0.4, -0.2) is 56.2 Å². The third-order valence-corrected chi connectivity index (χ3v) is 2.87. The van der Waals surface area contributed by atoms with Crippen molar-refractivity contribution in [3.63, 3.8) is 0 Å². The number of rotatable bonds is 3. The van der Waals surface area contributed by atoms with Crippen LogP contribution in [0.4, 0.5) is 0 Å². The molecule has 1 aliphatic heterocycles. The van der Waals surface area contributed by atoms with Gasteiger partial charge < -0.3 is 16.9 Å². The quantitative estimate of drug-likeness (QED) is 0.492. The van der Waals surface area contributed by atoms with Gasteiger partial charge in [-0.2, -0.15) is 0 Å². The molecule has 1 heterocycles. The van der Waals surface area contributed by atoms with Crippen molar-refractivity contribution in [2.45, 2.75) is 19.8 Å². The molecule has 0 spiro atoms. The zero-order valence-electron chi connectivity index (χ0n) is 9.22. The van der Waals surface area contributed by atoms with Gasteiger partial charge in [0, 0.05) is 13.1 Å². The summed E-state index contributed by atoms with van der Waals surface area (Å²) in [5.41, 5.74) is 0. The first-order valence-corrected chi connectivity index (χ1v) is 5.18. The van der Waals surface area contributed by atoms with Gasteiger partial charge in [0.05, 0.1) is 27.2 Å². The van der Waals surface area contributed by atoms with E-state index in [1.54, 1.807) is 0 Å². The standard InChI is InChI=1S/C10H23N2.ClH/c1-4-5-6-11-7-9-12(2,3)10-8-11;/h4-10H2,1-3H3;1H/q+1;/p-1. The minimum Gasteiger partial charge on any atom is -1.00 e. The lowest BCUT2D eigenvalue weighted by atomic mass is 10.2. The van der Waals surface area contributed by atoms with Crippen LogP contribution < -0.4 is 12.4 Å². The Morgan fingerprint density at radius 3 is 2.15 bits per heavy atom. The Morgan fingerprint density at radius 2 is 1.69 bits per heavy atom. The highest BCUT2D eigenvalue weighted by molar-refractivity contribution is 4.61. The van der Waals surface area contributed by atoms with Crippen molar-refractivity contribution in [3.8, 4) is 0 Å². The second-order valence-electron chi connectivity index (χ2n) is 4.58. The van der Waals surface area contributed by atoms with Gasteiger partial charge in [-0.25, -0.2) is 0 Å². The molecular formula is C10H23ClN2. The van der Waals surface area contributed by atoms with E-state index >= 15 is 0 Å². The first-order chi connectivity index (χ1) is 5.64. The summed E-state index contributed by atoms with van der Waals surface area (Å²) in [6.45, 7) is 8.83. The zero-order chi connectivity index (χ0) is 9.03. The molecule has 0 aromatic rings. The molecule has 1 fully saturated rings. The summed E-state index contributed by atoms with van der Waals surface area (Å²) in [6.07, 6.45) is 2.70. The van der Waals surface area contributed by atoms with Crippen LogP contribution in [0.15, 0.2) is 0 Å². The number of hydrogen-bond donors (Lipinski definition) is 0. The van der Waals surface area contributed by atoms with E-state index in [1.807, 2.05) is 0 Å². The van der Waals surface area contributed by atoms with E-state index in [4.69, 9.17) is 0 Å². The van der Waals surface area contributed by atoms with Crippen molar-refractivity contribution >= 4 is 0 Å². The van der Waals surface area contributed by atoms with Crippen LogP contribution in [0.2, 0.25) is 0 Å². The van der Waals surface area contributed by atoms with Crippen LogP contribution in [0.3, 0.4) is 0 Å². The number of piperazine rings is 1. The monoisotopic (exact) mass is 206 g/mol. The largest absolute Gasteiger partial charge is 1.00 e. The number of unbranched alkanes of at least 4 members (excludes halogenated alkanes) is 1. The summed E-state index contributed by atoms with van der Waals surface area (Å²) in [5, 5.41) is 0. The topological polar surface area (TPSA) is 3.24 Å². The summed E-state index contributed by atoms with van der Waals surface area (Å²) < 4.78 is 1.21. The highest BCUT2D eigenvalue weighted by Gasteiger charge is 2.23. The molecule has 0 amide bonds. The molecule has 2 nitrogen and oxygen atoms in total. The van der Waals surface area contributed by atoms with E-state index in [-0.39, 0.29) is 12.4 Å². The predicted octanol–water partition coefficient (Wildman–Crippen LogP) is -1.82. The first-order valence-electron chi connectivity index (χ1n) is 5.18. The minimum absolute atomic E-state index is 0. The Kier molecular flexibility index (Phi) is 5.93. The van der Waals surface area contributed by atoms with Crippen molar-refractivity contribution in [3.05, 3.63) is 0 Å². The Hall–Kier alpha value is 0.210. The van der Waals surface area contributed by atoms with Gasteiger partial charge in [0.15, 0.2) is 0 Å². The smallest absolute Gasteiger partial charge is 0.0912 e. The third kappa shape index (κ3) is 4.84. The van der Waals surface area contributed by atoms with E-state index in [2.05, 4.69) is 25.9 Å². The average Bonchev–Trinajstić information content (AvgIpc) is 2.03. The van der Waals surface area contributed by atoms with Crippen molar-refractivity contribution in [2.24, 2.45) is 0 Å². The Balaban J connectivity index is 0.00000144. The maximum Gasteiger partial charge on any atom is 0.0912 e. The lowest BCUT2D eigenvalue weighted by Crippen LogP contribution is -3.00. The van der Waals surface area contributed by atoms with Gasteiger partial charge in [0.25, 0.3) is 0 Å². The summed E-state index contributed by atoms with van der Waals surface area (Å²) in [6, 6.07) is 0. The van der Waals surface area contributed by atoms with Crippen LogP contribution in [0.1, 0.15) is 19.8 Å². The fraction of sp³-hybridized carbons (Fsp3) is 1.00. The van der Waals surface area contributed by atoms with Crippen molar-refractivity contribution in [1.29, 1.82) is 0 Å². The summed E-state index contributed by atoms with van der Waals surface area (Å²) >= 11 is 0. The van der Waals surface area contributed by atoms with Gasteiger partial charge in [-0.1, -0.05) is 13.3 Å². The fourth-order valence-corrected chi connectivity index (χ4v) is 1.65.